The van der Waals surface area contributed by atoms with Crippen LogP contribution in [0.1, 0.15) is 65.0 Å². The molecular weight excluding hydrogens is 346 g/mol. The highest BCUT2D eigenvalue weighted by Crippen LogP contribution is 2.52. The third-order valence-corrected chi connectivity index (χ3v) is 6.35. The minimum Gasteiger partial charge on any atom is -0.373 e. The number of hydrogen-bond donors (Lipinski definition) is 1. The van der Waals surface area contributed by atoms with E-state index in [1.807, 2.05) is 24.4 Å². The van der Waals surface area contributed by atoms with Gasteiger partial charge in [0.15, 0.2) is 0 Å². The number of para-hydroxylation sites is 1. The van der Waals surface area contributed by atoms with E-state index >= 15 is 0 Å². The van der Waals surface area contributed by atoms with Gasteiger partial charge in [-0.25, -0.2) is 0 Å². The molecular formula is C24H33N3O. The maximum atomic E-state index is 12.9. The Bertz CT molecular complexity index is 810. The van der Waals surface area contributed by atoms with Gasteiger partial charge in [0.05, 0.1) is 0 Å². The van der Waals surface area contributed by atoms with Crippen molar-refractivity contribution >= 4 is 11.6 Å². The average molecular weight is 380 g/mol. The highest BCUT2D eigenvalue weighted by Gasteiger charge is 2.48. The smallest absolute Gasteiger partial charge is 0.267 e. The number of anilines is 1. The van der Waals surface area contributed by atoms with Crippen LogP contribution in [-0.2, 0) is 17.6 Å². The monoisotopic (exact) mass is 379 g/mol. The minimum atomic E-state index is -0.302. The fourth-order valence-electron chi connectivity index (χ4n) is 5.54. The van der Waals surface area contributed by atoms with Gasteiger partial charge < -0.3 is 10.2 Å². The van der Waals surface area contributed by atoms with Crippen LogP contribution in [0.15, 0.2) is 30.0 Å². The van der Waals surface area contributed by atoms with Crippen LogP contribution < -0.4 is 5.32 Å². The van der Waals surface area contributed by atoms with Gasteiger partial charge in [0, 0.05) is 24.5 Å². The summed E-state index contributed by atoms with van der Waals surface area (Å²) in [6.07, 6.45) is 6.95. The van der Waals surface area contributed by atoms with Crippen LogP contribution in [0.5, 0.6) is 0 Å². The molecule has 1 heterocycles. The quantitative estimate of drug-likeness (QED) is 0.575. The molecule has 0 spiro atoms. The molecule has 150 valence electrons. The highest BCUT2D eigenvalue weighted by atomic mass is 16.1. The Kier molecular flexibility index (Phi) is 5.57. The third-order valence-electron chi connectivity index (χ3n) is 6.35. The zero-order chi connectivity index (χ0) is 20.5. The molecule has 3 rings (SSSR count). The molecule has 1 aromatic rings. The van der Waals surface area contributed by atoms with Crippen LogP contribution in [0.4, 0.5) is 5.69 Å². The third kappa shape index (κ3) is 4.09. The normalized spacial score (nSPS) is 26.1. The summed E-state index contributed by atoms with van der Waals surface area (Å²) in [7, 11) is 0. The number of nitriles is 1. The van der Waals surface area contributed by atoms with E-state index in [1.54, 1.807) is 0 Å². The lowest BCUT2D eigenvalue weighted by Crippen LogP contribution is -2.33. The summed E-state index contributed by atoms with van der Waals surface area (Å²) in [5, 5.41) is 12.7. The summed E-state index contributed by atoms with van der Waals surface area (Å²) >= 11 is 0. The first-order valence-electron chi connectivity index (χ1n) is 10.5. The van der Waals surface area contributed by atoms with Crippen molar-refractivity contribution in [2.75, 3.05) is 11.9 Å². The number of hydrogen-bond acceptors (Lipinski definition) is 3. The Hall–Kier alpha value is -2.28. The Morgan fingerprint density at radius 1 is 1.25 bits per heavy atom. The Labute approximate surface area is 169 Å². The van der Waals surface area contributed by atoms with Gasteiger partial charge in [-0.15, -0.1) is 0 Å². The summed E-state index contributed by atoms with van der Waals surface area (Å²) < 4.78 is 0. The van der Waals surface area contributed by atoms with E-state index in [2.05, 4.69) is 50.9 Å². The molecule has 4 heteroatoms. The molecule has 1 amide bonds. The van der Waals surface area contributed by atoms with Crippen LogP contribution >= 0.6 is 0 Å². The van der Waals surface area contributed by atoms with Crippen molar-refractivity contribution in [2.45, 2.75) is 72.8 Å². The molecule has 1 saturated heterocycles. The van der Waals surface area contributed by atoms with Crippen molar-refractivity contribution < 1.29 is 4.79 Å². The van der Waals surface area contributed by atoms with Crippen LogP contribution in [0.25, 0.3) is 0 Å². The van der Waals surface area contributed by atoms with Gasteiger partial charge in [0.25, 0.3) is 5.91 Å². The zero-order valence-corrected chi connectivity index (χ0v) is 17.9. The van der Waals surface area contributed by atoms with Crippen LogP contribution in [0, 0.1) is 22.2 Å². The maximum absolute atomic E-state index is 12.9. The number of aryl methyl sites for hydroxylation is 2. The molecule has 4 nitrogen and oxygen atoms in total. The number of nitrogens with one attached hydrogen (secondary N) is 1. The number of benzene rings is 1. The number of likely N-dealkylation sites (tertiary alicyclic amines) is 1. The van der Waals surface area contributed by atoms with Gasteiger partial charge in [-0.2, -0.15) is 5.26 Å². The van der Waals surface area contributed by atoms with E-state index in [4.69, 9.17) is 0 Å². The lowest BCUT2D eigenvalue weighted by molar-refractivity contribution is -0.112. The number of rotatable bonds is 5. The standard InChI is InChI=1S/C24H33N3O/c1-6-17-9-8-10-18(7-2)21(17)26-22(28)19(13-25)14-27-16-24(5)12-20(27)11-23(3,4)15-24/h8-10,14,20H,6-7,11-12,15-16H2,1-5H3,(H,26,28)/b19-14-. The maximum Gasteiger partial charge on any atom is 0.267 e. The Morgan fingerprint density at radius 2 is 1.89 bits per heavy atom. The fourth-order valence-corrected chi connectivity index (χ4v) is 5.54. The molecule has 1 N–H and O–H groups in total. The van der Waals surface area contributed by atoms with Crippen LogP contribution in [0.2, 0.25) is 0 Å². The van der Waals surface area contributed by atoms with Crippen LogP contribution in [-0.4, -0.2) is 23.4 Å². The summed E-state index contributed by atoms with van der Waals surface area (Å²) in [5.74, 6) is -0.302. The SMILES string of the molecule is CCc1cccc(CC)c1NC(=O)/C(C#N)=C\N1CC2(C)CC1CC(C)(C)C2. The molecule has 0 radical (unpaired) electrons. The van der Waals surface area contributed by atoms with E-state index in [0.717, 1.165) is 49.0 Å². The predicted molar refractivity (Wildman–Crippen MR) is 114 cm³/mol. The molecule has 2 aliphatic rings. The molecule has 0 aromatic heterocycles. The number of amides is 1. The minimum absolute atomic E-state index is 0.196. The van der Waals surface area contributed by atoms with E-state index in [-0.39, 0.29) is 16.9 Å². The first kappa shape index (κ1) is 20.5. The van der Waals surface area contributed by atoms with Gasteiger partial charge in [0.1, 0.15) is 11.6 Å². The van der Waals surface area contributed by atoms with Crippen LogP contribution in [0.3, 0.4) is 0 Å². The van der Waals surface area contributed by atoms with E-state index < -0.39 is 0 Å². The molecule has 1 saturated carbocycles. The lowest BCUT2D eigenvalue weighted by atomic mass is 9.65. The van der Waals surface area contributed by atoms with Crippen molar-refractivity contribution in [1.29, 1.82) is 5.26 Å². The van der Waals surface area contributed by atoms with Crippen molar-refractivity contribution in [3.8, 4) is 6.07 Å². The fraction of sp³-hybridized carbons (Fsp3) is 0.583. The predicted octanol–water partition coefficient (Wildman–Crippen LogP) is 5.06. The van der Waals surface area contributed by atoms with Crippen molar-refractivity contribution in [2.24, 2.45) is 10.8 Å². The molecule has 1 aliphatic carbocycles. The van der Waals surface area contributed by atoms with Gasteiger partial charge in [-0.1, -0.05) is 52.8 Å². The summed E-state index contributed by atoms with van der Waals surface area (Å²) in [4.78, 5) is 15.2. The topological polar surface area (TPSA) is 56.1 Å². The Balaban J connectivity index is 1.83. The number of fused-ring (bicyclic) bond motifs is 2. The largest absolute Gasteiger partial charge is 0.373 e. The van der Waals surface area contributed by atoms with Gasteiger partial charge >= 0.3 is 0 Å². The number of nitrogens with zero attached hydrogens (tertiary/aromatic N) is 2. The number of carbonyl (C=O) groups is 1. The molecule has 28 heavy (non-hydrogen) atoms. The first-order chi connectivity index (χ1) is 13.2. The van der Waals surface area contributed by atoms with Crippen molar-refractivity contribution in [1.82, 2.24) is 4.90 Å². The van der Waals surface area contributed by atoms with E-state index in [9.17, 15) is 10.1 Å². The number of carbonyl (C=O) groups excluding carboxylic acids is 1. The molecule has 1 aromatic carbocycles. The molecule has 2 atom stereocenters. The van der Waals surface area contributed by atoms with E-state index in [0.29, 0.717) is 11.5 Å². The molecule has 2 bridgehead atoms. The summed E-state index contributed by atoms with van der Waals surface area (Å²) in [6.45, 7) is 12.1. The lowest BCUT2D eigenvalue weighted by Gasteiger charge is -2.39. The first-order valence-corrected chi connectivity index (χ1v) is 10.5. The Morgan fingerprint density at radius 3 is 2.46 bits per heavy atom. The second kappa shape index (κ2) is 7.62. The average Bonchev–Trinajstić information content (AvgIpc) is 2.87. The van der Waals surface area contributed by atoms with Gasteiger partial charge in [-0.05, 0) is 54.1 Å². The van der Waals surface area contributed by atoms with Crippen molar-refractivity contribution in [3.63, 3.8) is 0 Å². The second-order valence-corrected chi connectivity index (χ2v) is 9.65. The second-order valence-electron chi connectivity index (χ2n) is 9.65. The van der Waals surface area contributed by atoms with E-state index in [1.165, 1.54) is 6.42 Å². The summed E-state index contributed by atoms with van der Waals surface area (Å²) in [6, 6.07) is 8.67. The molecule has 1 aliphatic heterocycles. The van der Waals surface area contributed by atoms with Gasteiger partial charge in [-0.3, -0.25) is 4.79 Å². The molecule has 2 fully saturated rings. The molecule has 2 unspecified atom stereocenters. The highest BCUT2D eigenvalue weighted by molar-refractivity contribution is 6.07. The zero-order valence-electron chi connectivity index (χ0n) is 17.9. The summed E-state index contributed by atoms with van der Waals surface area (Å²) in [5.41, 5.74) is 3.86. The van der Waals surface area contributed by atoms with Crippen molar-refractivity contribution in [3.05, 3.63) is 41.1 Å². The van der Waals surface area contributed by atoms with Gasteiger partial charge in [0.2, 0.25) is 0 Å².